The summed E-state index contributed by atoms with van der Waals surface area (Å²) in [7, 11) is 1.64. The Kier molecular flexibility index (Phi) is 4.95. The van der Waals surface area contributed by atoms with Crippen LogP contribution in [0.5, 0.6) is 5.75 Å². The summed E-state index contributed by atoms with van der Waals surface area (Å²) in [6.07, 6.45) is 2.30. The van der Waals surface area contributed by atoms with Gasteiger partial charge in [0, 0.05) is 19.2 Å². The maximum atomic E-state index is 13.5. The summed E-state index contributed by atoms with van der Waals surface area (Å²) in [5.41, 5.74) is 2.77. The summed E-state index contributed by atoms with van der Waals surface area (Å²) in [5.74, 6) is 1.13. The zero-order valence-corrected chi connectivity index (χ0v) is 17.0. The van der Waals surface area contributed by atoms with E-state index in [1.165, 1.54) is 0 Å². The van der Waals surface area contributed by atoms with E-state index in [0.29, 0.717) is 25.5 Å². The summed E-state index contributed by atoms with van der Waals surface area (Å²) in [4.78, 5) is 28.2. The molecule has 3 atom stereocenters. The van der Waals surface area contributed by atoms with Gasteiger partial charge in [-0.3, -0.25) is 9.59 Å². The number of para-hydroxylation sites is 1. The molecule has 2 aromatic rings. The summed E-state index contributed by atoms with van der Waals surface area (Å²) in [6, 6.07) is 14.5. The van der Waals surface area contributed by atoms with Crippen LogP contribution in [0.1, 0.15) is 41.7 Å². The lowest BCUT2D eigenvalue weighted by Crippen LogP contribution is -2.53. The summed E-state index contributed by atoms with van der Waals surface area (Å²) in [6.45, 7) is 0.967. The Hall–Kier alpha value is -2.86. The van der Waals surface area contributed by atoms with Gasteiger partial charge in [-0.2, -0.15) is 0 Å². The van der Waals surface area contributed by atoms with Crippen molar-refractivity contribution in [1.82, 2.24) is 10.2 Å². The molecule has 0 bridgehead atoms. The van der Waals surface area contributed by atoms with Gasteiger partial charge in [0.2, 0.25) is 11.8 Å². The van der Waals surface area contributed by atoms with Crippen molar-refractivity contribution in [3.63, 3.8) is 0 Å². The van der Waals surface area contributed by atoms with Gasteiger partial charge in [-0.25, -0.2) is 0 Å². The molecule has 6 heteroatoms. The van der Waals surface area contributed by atoms with Gasteiger partial charge in [0.05, 0.1) is 12.5 Å². The fourth-order valence-corrected chi connectivity index (χ4v) is 4.61. The van der Waals surface area contributed by atoms with Gasteiger partial charge in [-0.1, -0.05) is 42.5 Å². The Labute approximate surface area is 176 Å². The third-order valence-electron chi connectivity index (χ3n) is 6.31. The number of carbonyl (C=O) groups is 2. The second-order valence-electron chi connectivity index (χ2n) is 8.39. The molecule has 5 rings (SSSR count). The Balaban J connectivity index is 1.43. The van der Waals surface area contributed by atoms with Crippen LogP contribution in [0.25, 0.3) is 0 Å². The lowest BCUT2D eigenvalue weighted by atomic mass is 9.90. The minimum absolute atomic E-state index is 0.0225. The number of carbonyl (C=O) groups excluding carboxylic acids is 2. The molecule has 1 N–H and O–H groups in total. The van der Waals surface area contributed by atoms with Crippen molar-refractivity contribution in [2.75, 3.05) is 20.3 Å². The summed E-state index contributed by atoms with van der Waals surface area (Å²) in [5, 5.41) is 3.13. The van der Waals surface area contributed by atoms with E-state index in [1.807, 2.05) is 48.5 Å². The number of rotatable bonds is 5. The molecule has 3 aliphatic rings. The first-order valence-electron chi connectivity index (χ1n) is 10.6. The molecule has 156 valence electrons. The van der Waals surface area contributed by atoms with Crippen LogP contribution in [0.3, 0.4) is 0 Å². The minimum atomic E-state index is -0.613. The molecule has 1 aliphatic carbocycles. The third kappa shape index (κ3) is 3.45. The van der Waals surface area contributed by atoms with Crippen LogP contribution >= 0.6 is 0 Å². The summed E-state index contributed by atoms with van der Waals surface area (Å²) < 4.78 is 11.6. The Morgan fingerprint density at radius 1 is 1.13 bits per heavy atom. The number of hydrogen-bond acceptors (Lipinski definition) is 4. The van der Waals surface area contributed by atoms with Gasteiger partial charge in [0.25, 0.3) is 0 Å². The Morgan fingerprint density at radius 3 is 2.63 bits per heavy atom. The second kappa shape index (κ2) is 7.76. The number of nitrogens with zero attached hydrogens (tertiary/aromatic N) is 1. The third-order valence-corrected chi connectivity index (χ3v) is 6.31. The minimum Gasteiger partial charge on any atom is -0.491 e. The van der Waals surface area contributed by atoms with E-state index in [9.17, 15) is 9.59 Å². The average molecular weight is 406 g/mol. The molecule has 0 radical (unpaired) electrons. The molecule has 0 aromatic heterocycles. The number of methoxy groups -OCH3 is 1. The van der Waals surface area contributed by atoms with Crippen molar-refractivity contribution in [2.24, 2.45) is 5.92 Å². The van der Waals surface area contributed by atoms with Crippen LogP contribution in [-0.2, 0) is 20.7 Å². The van der Waals surface area contributed by atoms with E-state index in [-0.39, 0.29) is 24.0 Å². The van der Waals surface area contributed by atoms with E-state index < -0.39 is 6.04 Å². The predicted octanol–water partition coefficient (Wildman–Crippen LogP) is 2.79. The largest absolute Gasteiger partial charge is 0.491 e. The normalized spacial score (nSPS) is 25.2. The maximum absolute atomic E-state index is 13.5. The van der Waals surface area contributed by atoms with Crippen molar-refractivity contribution >= 4 is 11.8 Å². The van der Waals surface area contributed by atoms with Crippen molar-refractivity contribution in [3.8, 4) is 5.75 Å². The second-order valence-corrected chi connectivity index (χ2v) is 8.39. The molecule has 2 aromatic carbocycles. The molecule has 6 nitrogen and oxygen atoms in total. The molecule has 0 spiro atoms. The van der Waals surface area contributed by atoms with Gasteiger partial charge in [-0.15, -0.1) is 0 Å². The van der Waals surface area contributed by atoms with E-state index in [4.69, 9.17) is 9.47 Å². The fraction of sp³-hybridized carbons (Fsp3) is 0.417. The van der Waals surface area contributed by atoms with Crippen LogP contribution in [0.15, 0.2) is 48.5 Å². The van der Waals surface area contributed by atoms with Crippen molar-refractivity contribution in [1.29, 1.82) is 0 Å². The number of nitrogens with one attached hydrogen (secondary N) is 1. The van der Waals surface area contributed by atoms with Gasteiger partial charge in [0.1, 0.15) is 24.5 Å². The molecule has 30 heavy (non-hydrogen) atoms. The van der Waals surface area contributed by atoms with Crippen LogP contribution in [0.4, 0.5) is 0 Å². The van der Waals surface area contributed by atoms with Crippen molar-refractivity contribution in [2.45, 2.75) is 37.5 Å². The molecule has 2 heterocycles. The first-order chi connectivity index (χ1) is 14.7. The monoisotopic (exact) mass is 406 g/mol. The lowest BCUT2D eigenvalue weighted by Gasteiger charge is -2.39. The molecular weight excluding hydrogens is 380 g/mol. The number of hydrogen-bond donors (Lipinski definition) is 1. The number of ether oxygens (including phenoxy) is 2. The van der Waals surface area contributed by atoms with Gasteiger partial charge in [-0.05, 0) is 36.0 Å². The number of benzene rings is 2. The van der Waals surface area contributed by atoms with Crippen molar-refractivity contribution in [3.05, 3.63) is 65.2 Å². The van der Waals surface area contributed by atoms with E-state index in [0.717, 1.165) is 35.3 Å². The molecular formula is C24H26N2O4. The highest BCUT2D eigenvalue weighted by Crippen LogP contribution is 2.38. The average Bonchev–Trinajstić information content (AvgIpc) is 3.58. The number of amides is 2. The van der Waals surface area contributed by atoms with Crippen LogP contribution in [0.2, 0.25) is 0 Å². The van der Waals surface area contributed by atoms with E-state index in [2.05, 4.69) is 5.32 Å². The summed E-state index contributed by atoms with van der Waals surface area (Å²) >= 11 is 0. The van der Waals surface area contributed by atoms with Gasteiger partial charge in [0.15, 0.2) is 0 Å². The highest BCUT2D eigenvalue weighted by molar-refractivity contribution is 5.92. The smallest absolute Gasteiger partial charge is 0.247 e. The van der Waals surface area contributed by atoms with Crippen molar-refractivity contribution < 1.29 is 19.1 Å². The van der Waals surface area contributed by atoms with Gasteiger partial charge >= 0.3 is 0 Å². The van der Waals surface area contributed by atoms with Crippen LogP contribution in [0, 0.1) is 5.92 Å². The predicted molar refractivity (Wildman–Crippen MR) is 111 cm³/mol. The van der Waals surface area contributed by atoms with E-state index in [1.54, 1.807) is 12.0 Å². The highest BCUT2D eigenvalue weighted by Gasteiger charge is 2.41. The van der Waals surface area contributed by atoms with E-state index >= 15 is 0 Å². The maximum Gasteiger partial charge on any atom is 0.247 e. The molecule has 0 saturated heterocycles. The standard InChI is InChI=1S/C24H26N2O4/c1-29-23-18-8-4-5-9-20(18)30-14-19(23)25-24(28)22-17-7-3-2-6-16(17)12-21(27)26(22)13-15-10-11-15/h2-9,15,19,22-23H,10-14H2,1H3,(H,25,28)/t19-,22-,23-/m0/s1. The lowest BCUT2D eigenvalue weighted by molar-refractivity contribution is -0.142. The molecule has 0 unspecified atom stereocenters. The first kappa shape index (κ1) is 19.1. The van der Waals surface area contributed by atoms with Crippen LogP contribution in [-0.4, -0.2) is 43.0 Å². The molecule has 1 saturated carbocycles. The zero-order chi connectivity index (χ0) is 20.7. The SMILES string of the molecule is CO[C@H]1c2ccccc2OC[C@@H]1NC(=O)[C@@H]1c2ccccc2CC(=O)N1CC1CC1. The fourth-order valence-electron chi connectivity index (χ4n) is 4.61. The topological polar surface area (TPSA) is 67.9 Å². The van der Waals surface area contributed by atoms with Crippen LogP contribution < -0.4 is 10.1 Å². The molecule has 2 amide bonds. The van der Waals surface area contributed by atoms with Gasteiger partial charge < -0.3 is 19.7 Å². The molecule has 1 fully saturated rings. The Morgan fingerprint density at radius 2 is 1.87 bits per heavy atom. The zero-order valence-electron chi connectivity index (χ0n) is 17.0. The highest BCUT2D eigenvalue weighted by atomic mass is 16.5. The molecule has 2 aliphatic heterocycles. The Bertz CT molecular complexity index is 971. The quantitative estimate of drug-likeness (QED) is 0.829. The number of fused-ring (bicyclic) bond motifs is 2. The first-order valence-corrected chi connectivity index (χ1v) is 10.6.